The van der Waals surface area contributed by atoms with Gasteiger partial charge in [-0.1, -0.05) is 30.3 Å². The van der Waals surface area contributed by atoms with E-state index >= 15 is 0 Å². The first-order valence-corrected chi connectivity index (χ1v) is 7.35. The first kappa shape index (κ1) is 13.4. The number of ether oxygens (including phenoxy) is 1. The fourth-order valence-electron chi connectivity index (χ4n) is 2.92. The number of rotatable bonds is 3. The maximum atomic E-state index is 12.0. The van der Waals surface area contributed by atoms with Crippen LogP contribution < -0.4 is 0 Å². The fraction of sp³-hybridized carbons (Fsp3) is 0.562. The number of hydrogen-bond donors (Lipinski definition) is 1. The van der Waals surface area contributed by atoms with Gasteiger partial charge in [0, 0.05) is 13.1 Å². The Labute approximate surface area is 119 Å². The van der Waals surface area contributed by atoms with Crippen LogP contribution in [0.2, 0.25) is 0 Å². The van der Waals surface area contributed by atoms with Crippen molar-refractivity contribution in [2.45, 2.75) is 37.9 Å². The fourth-order valence-corrected chi connectivity index (χ4v) is 2.92. The van der Waals surface area contributed by atoms with Crippen LogP contribution in [-0.4, -0.2) is 34.8 Å². The van der Waals surface area contributed by atoms with Crippen molar-refractivity contribution in [1.29, 1.82) is 0 Å². The smallest absolute Gasteiger partial charge is 0.410 e. The van der Waals surface area contributed by atoms with Gasteiger partial charge in [0.2, 0.25) is 0 Å². The average molecular weight is 275 g/mol. The second-order valence-electron chi connectivity index (χ2n) is 5.91. The third kappa shape index (κ3) is 2.96. The molecule has 1 heterocycles. The summed E-state index contributed by atoms with van der Waals surface area (Å²) in [6, 6.07) is 9.68. The van der Waals surface area contributed by atoms with Crippen molar-refractivity contribution in [3.8, 4) is 0 Å². The lowest BCUT2D eigenvalue weighted by Crippen LogP contribution is -2.47. The van der Waals surface area contributed by atoms with Gasteiger partial charge in [0.1, 0.15) is 6.61 Å². The lowest BCUT2D eigenvalue weighted by Gasteiger charge is -2.37. The summed E-state index contributed by atoms with van der Waals surface area (Å²) in [7, 11) is 0. The quantitative estimate of drug-likeness (QED) is 0.922. The molecule has 1 amide bonds. The summed E-state index contributed by atoms with van der Waals surface area (Å²) in [5.41, 5.74) is 0.461. The Hall–Kier alpha value is -1.55. The number of hydrogen-bond acceptors (Lipinski definition) is 3. The highest BCUT2D eigenvalue weighted by Crippen LogP contribution is 2.45. The van der Waals surface area contributed by atoms with Crippen LogP contribution in [-0.2, 0) is 11.3 Å². The number of nitrogens with zero attached hydrogens (tertiary/aromatic N) is 1. The molecular formula is C16H21NO3. The third-order valence-corrected chi connectivity index (χ3v) is 4.43. The normalized spacial score (nSPS) is 21.6. The molecule has 2 fully saturated rings. The molecule has 1 aromatic rings. The number of carbonyl (C=O) groups excluding carboxylic acids is 1. The zero-order valence-corrected chi connectivity index (χ0v) is 11.6. The van der Waals surface area contributed by atoms with E-state index in [4.69, 9.17) is 4.74 Å². The van der Waals surface area contributed by atoms with Crippen molar-refractivity contribution in [3.05, 3.63) is 35.9 Å². The highest BCUT2D eigenvalue weighted by Gasteiger charge is 2.46. The Bertz CT molecular complexity index is 462. The Morgan fingerprint density at radius 2 is 1.90 bits per heavy atom. The van der Waals surface area contributed by atoms with E-state index in [1.807, 2.05) is 30.3 Å². The van der Waals surface area contributed by atoms with Gasteiger partial charge in [-0.15, -0.1) is 0 Å². The molecule has 0 spiro atoms. The van der Waals surface area contributed by atoms with E-state index in [2.05, 4.69) is 0 Å². The van der Waals surface area contributed by atoms with E-state index in [0.717, 1.165) is 18.4 Å². The molecule has 3 rings (SSSR count). The summed E-state index contributed by atoms with van der Waals surface area (Å²) in [6.45, 7) is 1.50. The molecule has 1 aliphatic carbocycles. The van der Waals surface area contributed by atoms with Gasteiger partial charge in [-0.3, -0.25) is 0 Å². The molecule has 1 aliphatic heterocycles. The topological polar surface area (TPSA) is 49.8 Å². The summed E-state index contributed by atoms with van der Waals surface area (Å²) in [5.74, 6) is 0.463. The third-order valence-electron chi connectivity index (χ3n) is 4.43. The second-order valence-corrected chi connectivity index (χ2v) is 5.91. The highest BCUT2D eigenvalue weighted by molar-refractivity contribution is 5.67. The van der Waals surface area contributed by atoms with Gasteiger partial charge in [0.25, 0.3) is 0 Å². The predicted octanol–water partition coefficient (Wildman–Crippen LogP) is 2.56. The number of likely N-dealkylation sites (tertiary alicyclic amines) is 1. The van der Waals surface area contributed by atoms with Crippen molar-refractivity contribution < 1.29 is 14.6 Å². The van der Waals surface area contributed by atoms with Gasteiger partial charge in [0.05, 0.1) is 5.60 Å². The molecule has 0 aromatic heterocycles. The predicted molar refractivity (Wildman–Crippen MR) is 75.1 cm³/mol. The van der Waals surface area contributed by atoms with Crippen LogP contribution in [0.3, 0.4) is 0 Å². The lowest BCUT2D eigenvalue weighted by atomic mass is 9.87. The minimum absolute atomic E-state index is 0.272. The van der Waals surface area contributed by atoms with Crippen molar-refractivity contribution in [2.75, 3.05) is 13.1 Å². The van der Waals surface area contributed by atoms with E-state index < -0.39 is 5.60 Å². The van der Waals surface area contributed by atoms with Gasteiger partial charge in [-0.2, -0.15) is 0 Å². The van der Waals surface area contributed by atoms with E-state index in [9.17, 15) is 9.90 Å². The number of aliphatic hydroxyl groups is 1. The standard InChI is InChI=1S/C16H21NO3/c18-15(20-12-13-4-2-1-3-5-13)17-10-8-16(19,9-11-17)14-6-7-14/h1-5,14,19H,6-12H2. The van der Waals surface area contributed by atoms with Crippen LogP contribution in [0.1, 0.15) is 31.2 Å². The van der Waals surface area contributed by atoms with Crippen LogP contribution in [0, 0.1) is 5.92 Å². The van der Waals surface area contributed by atoms with E-state index in [-0.39, 0.29) is 6.09 Å². The number of piperidine rings is 1. The molecule has 0 atom stereocenters. The van der Waals surface area contributed by atoms with Crippen LogP contribution in [0.25, 0.3) is 0 Å². The second kappa shape index (κ2) is 5.44. The zero-order chi connectivity index (χ0) is 14.0. The van der Waals surface area contributed by atoms with Crippen molar-refractivity contribution in [3.63, 3.8) is 0 Å². The maximum Gasteiger partial charge on any atom is 0.410 e. The largest absolute Gasteiger partial charge is 0.445 e. The van der Waals surface area contributed by atoms with Gasteiger partial charge >= 0.3 is 6.09 Å². The lowest BCUT2D eigenvalue weighted by molar-refractivity contribution is -0.0377. The SMILES string of the molecule is O=C(OCc1ccccc1)N1CCC(O)(C2CC2)CC1. The van der Waals surface area contributed by atoms with Crippen LogP contribution in [0.15, 0.2) is 30.3 Å². The van der Waals surface area contributed by atoms with E-state index in [1.165, 1.54) is 0 Å². The van der Waals surface area contributed by atoms with Crippen LogP contribution in [0.4, 0.5) is 4.79 Å². The minimum atomic E-state index is -0.532. The van der Waals surface area contributed by atoms with Gasteiger partial charge in [0.15, 0.2) is 0 Å². The molecule has 1 saturated heterocycles. The van der Waals surface area contributed by atoms with Crippen molar-refractivity contribution in [1.82, 2.24) is 4.90 Å². The summed E-state index contributed by atoms with van der Waals surface area (Å²) in [5, 5.41) is 10.4. The number of carbonyl (C=O) groups is 1. The summed E-state index contributed by atoms with van der Waals surface area (Å²) in [6.07, 6.45) is 3.35. The molecule has 2 aliphatic rings. The molecule has 1 aromatic carbocycles. The van der Waals surface area contributed by atoms with Crippen LogP contribution >= 0.6 is 0 Å². The number of amides is 1. The highest BCUT2D eigenvalue weighted by atomic mass is 16.6. The number of benzene rings is 1. The monoisotopic (exact) mass is 275 g/mol. The first-order valence-electron chi connectivity index (χ1n) is 7.35. The molecule has 0 radical (unpaired) electrons. The molecule has 4 nitrogen and oxygen atoms in total. The Balaban J connectivity index is 1.47. The van der Waals surface area contributed by atoms with Gasteiger partial charge in [-0.25, -0.2) is 4.79 Å². The maximum absolute atomic E-state index is 12.0. The van der Waals surface area contributed by atoms with Gasteiger partial charge < -0.3 is 14.7 Å². The minimum Gasteiger partial charge on any atom is -0.445 e. The molecule has 1 N–H and O–H groups in total. The zero-order valence-electron chi connectivity index (χ0n) is 11.6. The Morgan fingerprint density at radius 1 is 1.25 bits per heavy atom. The molecule has 4 heteroatoms. The Kier molecular flexibility index (Phi) is 3.66. The van der Waals surface area contributed by atoms with Crippen molar-refractivity contribution >= 4 is 6.09 Å². The molecular weight excluding hydrogens is 254 g/mol. The molecule has 0 bridgehead atoms. The molecule has 108 valence electrons. The summed E-state index contributed by atoms with van der Waals surface area (Å²) < 4.78 is 5.32. The van der Waals surface area contributed by atoms with Crippen molar-refractivity contribution in [2.24, 2.45) is 5.92 Å². The van der Waals surface area contributed by atoms with Crippen LogP contribution in [0.5, 0.6) is 0 Å². The Morgan fingerprint density at radius 3 is 2.50 bits per heavy atom. The molecule has 20 heavy (non-hydrogen) atoms. The van der Waals surface area contributed by atoms with E-state index in [0.29, 0.717) is 38.5 Å². The first-order chi connectivity index (χ1) is 9.67. The summed E-state index contributed by atoms with van der Waals surface area (Å²) in [4.78, 5) is 13.7. The van der Waals surface area contributed by atoms with Gasteiger partial charge in [-0.05, 0) is 37.2 Å². The van der Waals surface area contributed by atoms with E-state index in [1.54, 1.807) is 4.90 Å². The average Bonchev–Trinajstić information content (AvgIpc) is 3.32. The molecule has 1 saturated carbocycles. The molecule has 0 unspecified atom stereocenters. The summed E-state index contributed by atoms with van der Waals surface area (Å²) >= 11 is 0.